The molecule has 1 rings (SSSR count). The Bertz CT molecular complexity index is 381. The zero-order chi connectivity index (χ0) is 13.8. The molecule has 0 atom stereocenters. The first-order valence-corrected chi connectivity index (χ1v) is 6.58. The van der Waals surface area contributed by atoms with Crippen molar-refractivity contribution in [3.8, 4) is 5.75 Å². The summed E-state index contributed by atoms with van der Waals surface area (Å²) in [5.41, 5.74) is 7.97. The first kappa shape index (κ1) is 14.7. The van der Waals surface area contributed by atoms with E-state index in [1.165, 1.54) is 0 Å². The second-order valence-electron chi connectivity index (χ2n) is 6.16. The second-order valence-corrected chi connectivity index (χ2v) is 6.16. The first-order chi connectivity index (χ1) is 8.28. The monoisotopic (exact) mass is 250 g/mol. The molecule has 3 nitrogen and oxygen atoms in total. The van der Waals surface area contributed by atoms with Gasteiger partial charge in [-0.1, -0.05) is 20.8 Å². The van der Waals surface area contributed by atoms with Crippen molar-refractivity contribution in [3.05, 3.63) is 18.2 Å². The number of hydrogen-bond acceptors (Lipinski definition) is 3. The van der Waals surface area contributed by atoms with Crippen LogP contribution in [0.25, 0.3) is 0 Å². The number of anilines is 2. The molecule has 0 heterocycles. The van der Waals surface area contributed by atoms with Crippen molar-refractivity contribution in [1.29, 1.82) is 0 Å². The molecule has 0 saturated carbocycles. The van der Waals surface area contributed by atoms with Gasteiger partial charge in [-0.05, 0) is 37.8 Å². The Morgan fingerprint density at radius 3 is 2.50 bits per heavy atom. The molecule has 0 aliphatic rings. The van der Waals surface area contributed by atoms with Crippen LogP contribution in [-0.4, -0.2) is 12.6 Å². The third kappa shape index (κ3) is 5.30. The molecule has 0 spiro atoms. The van der Waals surface area contributed by atoms with E-state index < -0.39 is 0 Å². The lowest BCUT2D eigenvalue weighted by atomic mass is 9.92. The summed E-state index contributed by atoms with van der Waals surface area (Å²) in [5, 5.41) is 3.41. The molecular weight excluding hydrogens is 224 g/mol. The smallest absolute Gasteiger partial charge is 0.144 e. The van der Waals surface area contributed by atoms with E-state index in [-0.39, 0.29) is 6.10 Å². The van der Waals surface area contributed by atoms with Crippen molar-refractivity contribution in [2.75, 3.05) is 17.6 Å². The van der Waals surface area contributed by atoms with Crippen LogP contribution < -0.4 is 15.8 Å². The Labute approximate surface area is 111 Å². The van der Waals surface area contributed by atoms with Crippen LogP contribution >= 0.6 is 0 Å². The molecule has 0 bridgehead atoms. The highest BCUT2D eigenvalue weighted by molar-refractivity contribution is 5.61. The molecule has 0 aliphatic carbocycles. The van der Waals surface area contributed by atoms with Gasteiger partial charge in [-0.2, -0.15) is 0 Å². The van der Waals surface area contributed by atoms with Gasteiger partial charge in [0.25, 0.3) is 0 Å². The summed E-state index contributed by atoms with van der Waals surface area (Å²) >= 11 is 0. The van der Waals surface area contributed by atoms with Gasteiger partial charge < -0.3 is 15.8 Å². The van der Waals surface area contributed by atoms with E-state index in [0.717, 1.165) is 24.4 Å². The van der Waals surface area contributed by atoms with Gasteiger partial charge in [-0.3, -0.25) is 0 Å². The van der Waals surface area contributed by atoms with E-state index in [4.69, 9.17) is 10.5 Å². The second kappa shape index (κ2) is 5.98. The minimum Gasteiger partial charge on any atom is -0.489 e. The molecule has 0 radical (unpaired) electrons. The van der Waals surface area contributed by atoms with Gasteiger partial charge in [-0.15, -0.1) is 0 Å². The van der Waals surface area contributed by atoms with Crippen molar-refractivity contribution in [1.82, 2.24) is 0 Å². The minimum atomic E-state index is 0.136. The van der Waals surface area contributed by atoms with Gasteiger partial charge >= 0.3 is 0 Å². The van der Waals surface area contributed by atoms with Crippen LogP contribution in [0.1, 0.15) is 41.0 Å². The molecule has 1 aromatic carbocycles. The highest BCUT2D eigenvalue weighted by Gasteiger charge is 2.09. The average Bonchev–Trinajstić information content (AvgIpc) is 2.20. The molecule has 1 aromatic rings. The number of rotatable bonds is 5. The van der Waals surface area contributed by atoms with Crippen molar-refractivity contribution < 1.29 is 4.74 Å². The minimum absolute atomic E-state index is 0.136. The SMILES string of the molecule is CC(C)Oc1cc(NCCC(C)(C)C)ccc1N. The third-order valence-corrected chi connectivity index (χ3v) is 2.58. The fraction of sp³-hybridized carbons (Fsp3) is 0.600. The molecule has 18 heavy (non-hydrogen) atoms. The van der Waals surface area contributed by atoms with Crippen molar-refractivity contribution in [3.63, 3.8) is 0 Å². The van der Waals surface area contributed by atoms with E-state index in [1.54, 1.807) is 0 Å². The van der Waals surface area contributed by atoms with Gasteiger partial charge in [0.2, 0.25) is 0 Å². The van der Waals surface area contributed by atoms with Gasteiger partial charge in [0.15, 0.2) is 0 Å². The number of nitrogens with two attached hydrogens (primary N) is 1. The lowest BCUT2D eigenvalue weighted by Crippen LogP contribution is -2.13. The Morgan fingerprint density at radius 2 is 1.94 bits per heavy atom. The van der Waals surface area contributed by atoms with Crippen molar-refractivity contribution >= 4 is 11.4 Å². The Morgan fingerprint density at radius 1 is 1.28 bits per heavy atom. The lowest BCUT2D eigenvalue weighted by Gasteiger charge is -2.19. The largest absolute Gasteiger partial charge is 0.489 e. The predicted molar refractivity (Wildman–Crippen MR) is 79.2 cm³/mol. The Balaban J connectivity index is 2.61. The van der Waals surface area contributed by atoms with E-state index >= 15 is 0 Å². The van der Waals surface area contributed by atoms with E-state index in [2.05, 4.69) is 26.1 Å². The third-order valence-electron chi connectivity index (χ3n) is 2.58. The van der Waals surface area contributed by atoms with Gasteiger partial charge in [0, 0.05) is 18.3 Å². The van der Waals surface area contributed by atoms with Gasteiger partial charge in [-0.25, -0.2) is 0 Å². The quantitative estimate of drug-likeness (QED) is 0.779. The van der Waals surface area contributed by atoms with E-state index in [9.17, 15) is 0 Å². The summed E-state index contributed by atoms with van der Waals surface area (Å²) in [6.07, 6.45) is 1.26. The summed E-state index contributed by atoms with van der Waals surface area (Å²) < 4.78 is 5.67. The molecular formula is C15H26N2O. The Hall–Kier alpha value is -1.38. The zero-order valence-corrected chi connectivity index (χ0v) is 12.2. The topological polar surface area (TPSA) is 47.3 Å². The maximum atomic E-state index is 5.88. The van der Waals surface area contributed by atoms with Crippen LogP contribution in [-0.2, 0) is 0 Å². The summed E-state index contributed by atoms with van der Waals surface area (Å²) in [4.78, 5) is 0. The number of ether oxygens (including phenoxy) is 1. The highest BCUT2D eigenvalue weighted by atomic mass is 16.5. The number of nitrogen functional groups attached to an aromatic ring is 1. The summed E-state index contributed by atoms with van der Waals surface area (Å²) in [6, 6.07) is 5.85. The van der Waals surface area contributed by atoms with Gasteiger partial charge in [0.1, 0.15) is 5.75 Å². The predicted octanol–water partition coefficient (Wildman–Crippen LogP) is 3.90. The molecule has 0 saturated heterocycles. The summed E-state index contributed by atoms with van der Waals surface area (Å²) in [7, 11) is 0. The van der Waals surface area contributed by atoms with Crippen molar-refractivity contribution in [2.45, 2.75) is 47.1 Å². The van der Waals surface area contributed by atoms with Crippen LogP contribution in [0.3, 0.4) is 0 Å². The average molecular weight is 250 g/mol. The van der Waals surface area contributed by atoms with Crippen LogP contribution in [0.5, 0.6) is 5.75 Å². The van der Waals surface area contributed by atoms with E-state index in [0.29, 0.717) is 11.1 Å². The zero-order valence-electron chi connectivity index (χ0n) is 12.2. The summed E-state index contributed by atoms with van der Waals surface area (Å²) in [5.74, 6) is 0.755. The Kier molecular flexibility index (Phi) is 4.88. The molecule has 3 N–H and O–H groups in total. The molecule has 0 fully saturated rings. The van der Waals surface area contributed by atoms with Crippen LogP contribution in [0, 0.1) is 5.41 Å². The highest BCUT2D eigenvalue weighted by Crippen LogP contribution is 2.27. The molecule has 0 aliphatic heterocycles. The first-order valence-electron chi connectivity index (χ1n) is 6.58. The maximum absolute atomic E-state index is 5.88. The molecule has 3 heteroatoms. The number of benzene rings is 1. The maximum Gasteiger partial charge on any atom is 0.144 e. The molecule has 102 valence electrons. The lowest BCUT2D eigenvalue weighted by molar-refractivity contribution is 0.244. The normalized spacial score (nSPS) is 11.7. The van der Waals surface area contributed by atoms with Crippen molar-refractivity contribution in [2.24, 2.45) is 5.41 Å². The molecule has 0 amide bonds. The van der Waals surface area contributed by atoms with Crippen LogP contribution in [0.15, 0.2) is 18.2 Å². The van der Waals surface area contributed by atoms with Crippen LogP contribution in [0.4, 0.5) is 11.4 Å². The standard InChI is InChI=1S/C15H26N2O/c1-11(2)18-14-10-12(6-7-13(14)16)17-9-8-15(3,4)5/h6-7,10-11,17H,8-9,16H2,1-5H3. The van der Waals surface area contributed by atoms with E-state index in [1.807, 2.05) is 32.0 Å². The fourth-order valence-corrected chi connectivity index (χ4v) is 1.58. The molecule has 0 unspecified atom stereocenters. The molecule has 0 aromatic heterocycles. The number of hydrogen-bond donors (Lipinski definition) is 2. The van der Waals surface area contributed by atoms with Crippen LogP contribution in [0.2, 0.25) is 0 Å². The fourth-order valence-electron chi connectivity index (χ4n) is 1.58. The van der Waals surface area contributed by atoms with Gasteiger partial charge in [0.05, 0.1) is 11.8 Å². The summed E-state index contributed by atoms with van der Waals surface area (Å²) in [6.45, 7) is 11.7. The number of nitrogens with one attached hydrogen (secondary N) is 1.